The summed E-state index contributed by atoms with van der Waals surface area (Å²) < 4.78 is 0. The highest BCUT2D eigenvalue weighted by Gasteiger charge is 2.34. The van der Waals surface area contributed by atoms with Gasteiger partial charge in [0.05, 0.1) is 5.82 Å². The number of alkyl halides is 1. The van der Waals surface area contributed by atoms with Gasteiger partial charge < -0.3 is 10.6 Å². The second-order valence-corrected chi connectivity index (χ2v) is 5.41. The Balaban J connectivity index is 2.59. The molecule has 2 N–H and O–H groups in total. The molecule has 0 aromatic rings. The predicted octanol–water partition coefficient (Wildman–Crippen LogP) is 2.88. The van der Waals surface area contributed by atoms with Crippen LogP contribution in [0.3, 0.4) is 0 Å². The van der Waals surface area contributed by atoms with Crippen LogP contribution in [0.1, 0.15) is 19.8 Å². The van der Waals surface area contributed by atoms with E-state index in [0.717, 1.165) is 23.0 Å². The smallest absolute Gasteiger partial charge is 0.0914 e. The van der Waals surface area contributed by atoms with Crippen LogP contribution in [-0.4, -0.2) is 18.4 Å². The molecule has 1 saturated carbocycles. The lowest BCUT2D eigenvalue weighted by Crippen LogP contribution is -2.38. The van der Waals surface area contributed by atoms with Crippen molar-refractivity contribution in [1.82, 2.24) is 10.6 Å². The van der Waals surface area contributed by atoms with E-state index >= 15 is 0 Å². The third kappa shape index (κ3) is 3.27. The summed E-state index contributed by atoms with van der Waals surface area (Å²) in [5.74, 6) is 3.11. The molecule has 16 heavy (non-hydrogen) atoms. The maximum absolute atomic E-state index is 3.94. The highest BCUT2D eigenvalue weighted by atomic mass is 79.9. The molecule has 0 spiro atoms. The monoisotopic (exact) mass is 286 g/mol. The molecule has 0 amide bonds. The third-order valence-corrected chi connectivity index (χ3v) is 4.53. The Morgan fingerprint density at radius 2 is 2.25 bits per heavy atom. The summed E-state index contributed by atoms with van der Waals surface area (Å²) in [6.45, 7) is 10.2. The van der Waals surface area contributed by atoms with Gasteiger partial charge in [-0.3, -0.25) is 0 Å². The van der Waals surface area contributed by atoms with Crippen molar-refractivity contribution >= 4 is 15.9 Å². The van der Waals surface area contributed by atoms with Crippen molar-refractivity contribution in [2.75, 3.05) is 12.4 Å². The molecule has 0 bridgehead atoms. The lowest BCUT2D eigenvalue weighted by Gasteiger charge is -2.26. The van der Waals surface area contributed by atoms with Crippen LogP contribution in [0.25, 0.3) is 0 Å². The zero-order valence-corrected chi connectivity index (χ0v) is 11.9. The topological polar surface area (TPSA) is 24.1 Å². The Kier molecular flexibility index (Phi) is 5.39. The molecule has 1 fully saturated rings. The van der Waals surface area contributed by atoms with E-state index in [-0.39, 0.29) is 0 Å². The summed E-state index contributed by atoms with van der Waals surface area (Å²) >= 11 is 3.59. The van der Waals surface area contributed by atoms with E-state index in [9.17, 15) is 0 Å². The number of nitrogens with one attached hydrogen (secondary N) is 2. The molecule has 4 atom stereocenters. The van der Waals surface area contributed by atoms with E-state index in [1.807, 2.05) is 13.1 Å². The highest BCUT2D eigenvalue weighted by molar-refractivity contribution is 9.09. The Bertz CT molecular complexity index is 252. The SMILES string of the molecule is C=CC(NC(=C)NC)C1CC(CBr)CC1C. The van der Waals surface area contributed by atoms with Gasteiger partial charge in [0.1, 0.15) is 0 Å². The molecule has 0 heterocycles. The Morgan fingerprint density at radius 1 is 1.56 bits per heavy atom. The lowest BCUT2D eigenvalue weighted by molar-refractivity contribution is 0.349. The Hall–Kier alpha value is -0.440. The van der Waals surface area contributed by atoms with Crippen LogP contribution in [0.15, 0.2) is 25.1 Å². The first-order chi connectivity index (χ1) is 7.62. The van der Waals surface area contributed by atoms with Crippen molar-refractivity contribution in [3.63, 3.8) is 0 Å². The number of hydrogen-bond acceptors (Lipinski definition) is 2. The van der Waals surface area contributed by atoms with Crippen molar-refractivity contribution in [1.29, 1.82) is 0 Å². The zero-order valence-electron chi connectivity index (χ0n) is 10.3. The van der Waals surface area contributed by atoms with Gasteiger partial charge in [-0.1, -0.05) is 35.5 Å². The van der Waals surface area contributed by atoms with Crippen LogP contribution in [0.4, 0.5) is 0 Å². The molecule has 0 saturated heterocycles. The molecular weight excluding hydrogens is 264 g/mol. The molecule has 0 aliphatic heterocycles. The normalized spacial score (nSPS) is 30.8. The van der Waals surface area contributed by atoms with Gasteiger partial charge in [-0.25, -0.2) is 0 Å². The Morgan fingerprint density at radius 3 is 2.69 bits per heavy atom. The minimum Gasteiger partial charge on any atom is -0.375 e. The van der Waals surface area contributed by atoms with Gasteiger partial charge >= 0.3 is 0 Å². The quantitative estimate of drug-likeness (QED) is 0.580. The van der Waals surface area contributed by atoms with E-state index in [1.165, 1.54) is 12.8 Å². The fourth-order valence-electron chi connectivity index (χ4n) is 2.65. The molecule has 4 unspecified atom stereocenters. The van der Waals surface area contributed by atoms with E-state index in [4.69, 9.17) is 0 Å². The van der Waals surface area contributed by atoms with E-state index in [2.05, 4.69) is 46.6 Å². The molecule has 0 radical (unpaired) electrons. The number of halogens is 1. The second-order valence-electron chi connectivity index (χ2n) is 4.77. The average molecular weight is 287 g/mol. The molecule has 0 aromatic heterocycles. The molecule has 92 valence electrons. The van der Waals surface area contributed by atoms with E-state index in [0.29, 0.717) is 12.0 Å². The minimum absolute atomic E-state index is 0.332. The van der Waals surface area contributed by atoms with Crippen molar-refractivity contribution in [2.45, 2.75) is 25.8 Å². The highest BCUT2D eigenvalue weighted by Crippen LogP contribution is 2.39. The van der Waals surface area contributed by atoms with E-state index in [1.54, 1.807) is 0 Å². The summed E-state index contributed by atoms with van der Waals surface area (Å²) in [5, 5.41) is 7.54. The summed E-state index contributed by atoms with van der Waals surface area (Å²) in [6, 6.07) is 0.332. The summed E-state index contributed by atoms with van der Waals surface area (Å²) in [5.41, 5.74) is 0. The summed E-state index contributed by atoms with van der Waals surface area (Å²) in [4.78, 5) is 0. The van der Waals surface area contributed by atoms with Crippen LogP contribution >= 0.6 is 15.9 Å². The molecular formula is C13H23BrN2. The molecule has 1 rings (SSSR count). The maximum atomic E-state index is 3.94. The van der Waals surface area contributed by atoms with Crippen molar-refractivity contribution in [3.05, 3.63) is 25.1 Å². The van der Waals surface area contributed by atoms with Crippen LogP contribution < -0.4 is 10.6 Å². The average Bonchev–Trinajstić information content (AvgIpc) is 2.67. The first kappa shape index (κ1) is 13.6. The molecule has 2 nitrogen and oxygen atoms in total. The fourth-order valence-corrected chi connectivity index (χ4v) is 3.18. The molecule has 1 aliphatic rings. The van der Waals surface area contributed by atoms with Crippen molar-refractivity contribution in [2.24, 2.45) is 17.8 Å². The summed E-state index contributed by atoms with van der Waals surface area (Å²) in [6.07, 6.45) is 4.60. The van der Waals surface area contributed by atoms with Crippen LogP contribution in [-0.2, 0) is 0 Å². The number of rotatable bonds is 6. The molecule has 3 heteroatoms. The summed E-state index contributed by atoms with van der Waals surface area (Å²) in [7, 11) is 1.88. The Labute approximate surface area is 108 Å². The van der Waals surface area contributed by atoms with Crippen molar-refractivity contribution < 1.29 is 0 Å². The van der Waals surface area contributed by atoms with Gasteiger partial charge in [0.2, 0.25) is 0 Å². The maximum Gasteiger partial charge on any atom is 0.0914 e. The van der Waals surface area contributed by atoms with Gasteiger partial charge in [-0.05, 0) is 30.6 Å². The predicted molar refractivity (Wildman–Crippen MR) is 74.5 cm³/mol. The van der Waals surface area contributed by atoms with Gasteiger partial charge in [0, 0.05) is 18.4 Å². The van der Waals surface area contributed by atoms with Crippen LogP contribution in [0, 0.1) is 17.8 Å². The lowest BCUT2D eigenvalue weighted by atomic mass is 9.90. The van der Waals surface area contributed by atoms with E-state index < -0.39 is 0 Å². The second kappa shape index (κ2) is 6.33. The van der Waals surface area contributed by atoms with Gasteiger partial charge in [-0.15, -0.1) is 6.58 Å². The first-order valence-electron chi connectivity index (χ1n) is 5.94. The van der Waals surface area contributed by atoms with Gasteiger partial charge in [0.15, 0.2) is 0 Å². The van der Waals surface area contributed by atoms with Crippen LogP contribution in [0.2, 0.25) is 0 Å². The third-order valence-electron chi connectivity index (χ3n) is 3.62. The van der Waals surface area contributed by atoms with Crippen LogP contribution in [0.5, 0.6) is 0 Å². The largest absolute Gasteiger partial charge is 0.375 e. The first-order valence-corrected chi connectivity index (χ1v) is 7.06. The minimum atomic E-state index is 0.332. The molecule has 1 aliphatic carbocycles. The van der Waals surface area contributed by atoms with Gasteiger partial charge in [0.25, 0.3) is 0 Å². The fraction of sp³-hybridized carbons (Fsp3) is 0.692. The van der Waals surface area contributed by atoms with Gasteiger partial charge in [-0.2, -0.15) is 0 Å². The number of hydrogen-bond donors (Lipinski definition) is 2. The molecule has 0 aromatic carbocycles. The van der Waals surface area contributed by atoms with Crippen molar-refractivity contribution in [3.8, 4) is 0 Å². The standard InChI is InChI=1S/C13H23BrN2/c1-5-13(16-10(3)15-4)12-7-11(8-14)6-9(12)2/h5,9,11-13,15-16H,1,3,6-8H2,2,4H3. The zero-order chi connectivity index (χ0) is 12.1.